The van der Waals surface area contributed by atoms with Crippen LogP contribution in [0.4, 0.5) is 0 Å². The van der Waals surface area contributed by atoms with Crippen LogP contribution in [0.15, 0.2) is 47.8 Å². The Kier molecular flexibility index (Phi) is 8.38. The van der Waals surface area contributed by atoms with E-state index in [1.807, 2.05) is 41.8 Å². The standard InChI is InChI=1S/C23H26N2O6S/c1-30-23(29)18(14-16-6-3-2-4-7-16)24-20(26)15-31-22(28)17-9-11-25(12-10-17)21(27)19-8-5-13-32-19/h2-8,13,17-18H,9-12,14-15H2,1H3,(H,24,26). The Morgan fingerprint density at radius 3 is 2.44 bits per heavy atom. The molecule has 1 aromatic heterocycles. The van der Waals surface area contributed by atoms with Gasteiger partial charge < -0.3 is 19.7 Å². The summed E-state index contributed by atoms with van der Waals surface area (Å²) in [7, 11) is 1.25. The summed E-state index contributed by atoms with van der Waals surface area (Å²) in [5.41, 5.74) is 0.865. The lowest BCUT2D eigenvalue weighted by Crippen LogP contribution is -2.45. The van der Waals surface area contributed by atoms with E-state index in [1.165, 1.54) is 18.4 Å². The molecule has 1 fully saturated rings. The molecule has 8 nitrogen and oxygen atoms in total. The van der Waals surface area contributed by atoms with E-state index in [1.54, 1.807) is 11.0 Å². The molecular formula is C23H26N2O6S. The summed E-state index contributed by atoms with van der Waals surface area (Å²) in [6, 6.07) is 12.0. The number of ether oxygens (including phenoxy) is 2. The number of nitrogens with one attached hydrogen (secondary N) is 1. The molecular weight excluding hydrogens is 432 g/mol. The number of methoxy groups -OCH3 is 1. The quantitative estimate of drug-likeness (QED) is 0.608. The molecule has 0 radical (unpaired) electrons. The summed E-state index contributed by atoms with van der Waals surface area (Å²) in [6.07, 6.45) is 1.23. The van der Waals surface area contributed by atoms with Crippen molar-refractivity contribution >= 4 is 35.1 Å². The molecule has 1 aliphatic rings. The molecule has 170 valence electrons. The lowest BCUT2D eigenvalue weighted by molar-refractivity contribution is -0.154. The van der Waals surface area contributed by atoms with Gasteiger partial charge in [-0.25, -0.2) is 4.79 Å². The number of carbonyl (C=O) groups excluding carboxylic acids is 4. The summed E-state index contributed by atoms with van der Waals surface area (Å²) >= 11 is 1.39. The predicted octanol–water partition coefficient (Wildman–Crippen LogP) is 2.04. The first-order chi connectivity index (χ1) is 15.5. The summed E-state index contributed by atoms with van der Waals surface area (Å²) in [4.78, 5) is 51.5. The Labute approximate surface area is 190 Å². The number of carbonyl (C=O) groups is 4. The molecule has 1 N–H and O–H groups in total. The molecule has 1 atom stereocenters. The molecule has 1 unspecified atom stereocenters. The molecule has 1 saturated heterocycles. The number of hydrogen-bond acceptors (Lipinski definition) is 7. The van der Waals surface area contributed by atoms with E-state index >= 15 is 0 Å². The molecule has 1 aromatic carbocycles. The lowest BCUT2D eigenvalue weighted by Gasteiger charge is -2.30. The predicted molar refractivity (Wildman–Crippen MR) is 118 cm³/mol. The van der Waals surface area contributed by atoms with Gasteiger partial charge in [-0.05, 0) is 29.9 Å². The highest BCUT2D eigenvalue weighted by Crippen LogP contribution is 2.21. The van der Waals surface area contributed by atoms with E-state index in [2.05, 4.69) is 5.32 Å². The summed E-state index contributed by atoms with van der Waals surface area (Å²) < 4.78 is 9.94. The van der Waals surface area contributed by atoms with Crippen molar-refractivity contribution in [2.75, 3.05) is 26.8 Å². The van der Waals surface area contributed by atoms with Crippen LogP contribution in [0.2, 0.25) is 0 Å². The highest BCUT2D eigenvalue weighted by atomic mass is 32.1. The minimum atomic E-state index is -0.875. The van der Waals surface area contributed by atoms with Gasteiger partial charge in [-0.3, -0.25) is 14.4 Å². The molecule has 9 heteroatoms. The Hall–Kier alpha value is -3.20. The van der Waals surface area contributed by atoms with Gasteiger partial charge in [0.2, 0.25) is 0 Å². The summed E-state index contributed by atoms with van der Waals surface area (Å²) in [6.45, 7) is 0.448. The van der Waals surface area contributed by atoms with Gasteiger partial charge in [0.15, 0.2) is 6.61 Å². The van der Waals surface area contributed by atoms with Gasteiger partial charge in [0.05, 0.1) is 17.9 Å². The molecule has 2 amide bonds. The maximum Gasteiger partial charge on any atom is 0.328 e. The Morgan fingerprint density at radius 2 is 1.81 bits per heavy atom. The number of rotatable bonds is 8. The largest absolute Gasteiger partial charge is 0.467 e. The van der Waals surface area contributed by atoms with Crippen LogP contribution in [0.5, 0.6) is 0 Å². The van der Waals surface area contributed by atoms with Crippen molar-refractivity contribution < 1.29 is 28.7 Å². The number of piperidine rings is 1. The Balaban J connectivity index is 1.44. The van der Waals surface area contributed by atoms with Crippen LogP contribution in [0, 0.1) is 5.92 Å². The third kappa shape index (κ3) is 6.40. The first kappa shape index (κ1) is 23.5. The van der Waals surface area contributed by atoms with E-state index in [4.69, 9.17) is 9.47 Å². The second-order valence-electron chi connectivity index (χ2n) is 7.48. The van der Waals surface area contributed by atoms with Gasteiger partial charge >= 0.3 is 11.9 Å². The van der Waals surface area contributed by atoms with E-state index in [0.717, 1.165) is 5.56 Å². The van der Waals surface area contributed by atoms with Gasteiger partial charge in [-0.1, -0.05) is 36.4 Å². The SMILES string of the molecule is COC(=O)C(Cc1ccccc1)NC(=O)COC(=O)C1CCN(C(=O)c2cccs2)CC1. The number of hydrogen-bond donors (Lipinski definition) is 1. The minimum Gasteiger partial charge on any atom is -0.467 e. The van der Waals surface area contributed by atoms with Crippen molar-refractivity contribution in [1.29, 1.82) is 0 Å². The molecule has 2 heterocycles. The number of benzene rings is 1. The molecule has 0 aliphatic carbocycles. The molecule has 0 bridgehead atoms. The van der Waals surface area contributed by atoms with Gasteiger partial charge in [0, 0.05) is 19.5 Å². The zero-order valence-electron chi connectivity index (χ0n) is 17.8. The van der Waals surface area contributed by atoms with Crippen LogP contribution in [0.1, 0.15) is 28.1 Å². The van der Waals surface area contributed by atoms with E-state index < -0.39 is 30.5 Å². The second kappa shape index (κ2) is 11.4. The number of nitrogens with zero attached hydrogens (tertiary/aromatic N) is 1. The van der Waals surface area contributed by atoms with Crippen LogP contribution < -0.4 is 5.32 Å². The zero-order chi connectivity index (χ0) is 22.9. The highest BCUT2D eigenvalue weighted by Gasteiger charge is 2.30. The van der Waals surface area contributed by atoms with Crippen molar-refractivity contribution in [3.8, 4) is 0 Å². The molecule has 0 saturated carbocycles. The fourth-order valence-electron chi connectivity index (χ4n) is 3.55. The van der Waals surface area contributed by atoms with Crippen LogP contribution >= 0.6 is 11.3 Å². The van der Waals surface area contributed by atoms with Crippen molar-refractivity contribution in [2.24, 2.45) is 5.92 Å². The lowest BCUT2D eigenvalue weighted by atomic mass is 9.97. The van der Waals surface area contributed by atoms with Crippen LogP contribution in [0.25, 0.3) is 0 Å². The molecule has 32 heavy (non-hydrogen) atoms. The smallest absolute Gasteiger partial charge is 0.328 e. The van der Waals surface area contributed by atoms with Crippen molar-refractivity contribution in [2.45, 2.75) is 25.3 Å². The maximum absolute atomic E-state index is 12.4. The fraction of sp³-hybridized carbons (Fsp3) is 0.391. The first-order valence-corrected chi connectivity index (χ1v) is 11.3. The van der Waals surface area contributed by atoms with Gasteiger partial charge in [0.1, 0.15) is 6.04 Å². The molecule has 0 spiro atoms. The average Bonchev–Trinajstić information content (AvgIpc) is 3.37. The van der Waals surface area contributed by atoms with Gasteiger partial charge in [-0.15, -0.1) is 11.3 Å². The number of esters is 2. The van der Waals surface area contributed by atoms with Crippen molar-refractivity contribution in [1.82, 2.24) is 10.2 Å². The molecule has 2 aromatic rings. The van der Waals surface area contributed by atoms with E-state index in [0.29, 0.717) is 30.8 Å². The van der Waals surface area contributed by atoms with E-state index in [-0.39, 0.29) is 18.2 Å². The Bertz CT molecular complexity index is 923. The summed E-state index contributed by atoms with van der Waals surface area (Å²) in [5, 5.41) is 4.42. The number of likely N-dealkylation sites (tertiary alicyclic amines) is 1. The second-order valence-corrected chi connectivity index (χ2v) is 8.43. The summed E-state index contributed by atoms with van der Waals surface area (Å²) in [5.74, 6) is -2.01. The van der Waals surface area contributed by atoms with Gasteiger partial charge in [-0.2, -0.15) is 0 Å². The monoisotopic (exact) mass is 458 g/mol. The van der Waals surface area contributed by atoms with Crippen molar-refractivity contribution in [3.05, 3.63) is 58.3 Å². The minimum absolute atomic E-state index is 0.0292. The van der Waals surface area contributed by atoms with E-state index in [9.17, 15) is 19.2 Å². The van der Waals surface area contributed by atoms with Crippen LogP contribution in [0.3, 0.4) is 0 Å². The number of amides is 2. The van der Waals surface area contributed by atoms with Crippen LogP contribution in [-0.2, 0) is 30.3 Å². The normalized spacial score (nSPS) is 15.0. The zero-order valence-corrected chi connectivity index (χ0v) is 18.6. The molecule has 3 rings (SSSR count). The average molecular weight is 459 g/mol. The third-order valence-corrected chi connectivity index (χ3v) is 6.15. The van der Waals surface area contributed by atoms with Crippen LogP contribution in [-0.4, -0.2) is 61.5 Å². The highest BCUT2D eigenvalue weighted by molar-refractivity contribution is 7.12. The Morgan fingerprint density at radius 1 is 1.09 bits per heavy atom. The fourth-order valence-corrected chi connectivity index (χ4v) is 4.24. The van der Waals surface area contributed by atoms with Gasteiger partial charge in [0.25, 0.3) is 11.8 Å². The number of thiophene rings is 1. The molecule has 1 aliphatic heterocycles. The third-order valence-electron chi connectivity index (χ3n) is 5.30. The first-order valence-electron chi connectivity index (χ1n) is 10.4. The van der Waals surface area contributed by atoms with Crippen molar-refractivity contribution in [3.63, 3.8) is 0 Å². The topological polar surface area (TPSA) is 102 Å². The maximum atomic E-state index is 12.4.